The van der Waals surface area contributed by atoms with E-state index in [0.29, 0.717) is 31.4 Å². The number of methoxy groups -OCH3 is 1. The second-order valence-electron chi connectivity index (χ2n) is 18.0. The number of carbonyl (C=O) groups excluding carboxylic acids is 4. The highest BCUT2D eigenvalue weighted by Crippen LogP contribution is 2.70. The Labute approximate surface area is 343 Å². The number of anilines is 1. The number of esters is 2. The van der Waals surface area contributed by atoms with E-state index in [0.717, 1.165) is 16.7 Å². The first-order chi connectivity index (χ1) is 28.0. The van der Waals surface area contributed by atoms with Gasteiger partial charge in [-0.25, -0.2) is 9.18 Å². The van der Waals surface area contributed by atoms with Crippen molar-refractivity contribution in [3.8, 4) is 0 Å². The van der Waals surface area contributed by atoms with Crippen LogP contribution in [0, 0.1) is 46.2 Å². The Morgan fingerprint density at radius 2 is 1.76 bits per heavy atom. The maximum Gasteiger partial charge on any atom is 0.339 e. The molecule has 2 aromatic rings. The molecule has 316 valence electrons. The van der Waals surface area contributed by atoms with Gasteiger partial charge in [0.1, 0.15) is 18.5 Å². The second kappa shape index (κ2) is 15.3. The highest BCUT2D eigenvalue weighted by Gasteiger charge is 2.76. The van der Waals surface area contributed by atoms with Crippen LogP contribution in [0.2, 0.25) is 0 Å². The largest absolute Gasteiger partial charge is 0.467 e. The predicted octanol–water partition coefficient (Wildman–Crippen LogP) is 5.73. The van der Waals surface area contributed by atoms with Crippen LogP contribution in [0.5, 0.6) is 0 Å². The van der Waals surface area contributed by atoms with Crippen molar-refractivity contribution in [3.63, 3.8) is 0 Å². The number of hydrogen-bond acceptors (Lipinski definition) is 12. The lowest BCUT2D eigenvalue weighted by Gasteiger charge is -2.59. The standard InChI is InChI=1S/C46H54FNO11/c1-23-24(2)42(58-40(41(53)54-6)39(23)56-25(3)49)55-22-36(52)46-37(57-43(59-46)32-13-9-27(18-34(32)47)17-26-7-11-29(48)12-8-26)20-33-31-14-10-28-19-30(50)15-16-44(28,4)38(31)35(51)21-45(33,46)5/h7-9,11-13,15-16,18-19,23-24,31,33,35,37-40,42-43,51H,10,14,17,20-22,48H2,1-6H3/t23-,24-,31+,33+,35+,37-,38-,39+,40+,42-,43?,44+,45+,46-/m1/s1. The maximum absolute atomic E-state index is 16.2. The van der Waals surface area contributed by atoms with E-state index in [1.807, 2.05) is 45.0 Å². The number of Topliss-reactive ketones (excluding diaryl/α,β-unsaturated/α-hetero) is 1. The summed E-state index contributed by atoms with van der Waals surface area (Å²) in [6, 6.07) is 12.3. The van der Waals surface area contributed by atoms with Crippen molar-refractivity contribution in [2.24, 2.45) is 40.4 Å². The van der Waals surface area contributed by atoms with Gasteiger partial charge in [-0.15, -0.1) is 0 Å². The Morgan fingerprint density at radius 3 is 2.46 bits per heavy atom. The summed E-state index contributed by atoms with van der Waals surface area (Å²) in [7, 11) is 1.20. The summed E-state index contributed by atoms with van der Waals surface area (Å²) in [6.07, 6.45) is 1.45. The van der Waals surface area contributed by atoms with Gasteiger partial charge in [-0.3, -0.25) is 14.4 Å². The first kappa shape index (κ1) is 41.5. The monoisotopic (exact) mass is 815 g/mol. The van der Waals surface area contributed by atoms with Crippen molar-refractivity contribution in [1.82, 2.24) is 0 Å². The summed E-state index contributed by atoms with van der Waals surface area (Å²) in [5.41, 5.74) is 6.16. The van der Waals surface area contributed by atoms with Crippen LogP contribution < -0.4 is 5.73 Å². The third kappa shape index (κ3) is 6.77. The number of allylic oxidation sites excluding steroid dienone is 4. The van der Waals surface area contributed by atoms with Gasteiger partial charge in [0.25, 0.3) is 0 Å². The summed E-state index contributed by atoms with van der Waals surface area (Å²) in [6.45, 7) is 8.42. The zero-order chi connectivity index (χ0) is 42.2. The second-order valence-corrected chi connectivity index (χ2v) is 18.0. The lowest BCUT2D eigenvalue weighted by molar-refractivity contribution is -0.267. The van der Waals surface area contributed by atoms with Crippen LogP contribution in [0.15, 0.2) is 66.3 Å². The number of rotatable bonds is 9. The van der Waals surface area contributed by atoms with Gasteiger partial charge in [0.2, 0.25) is 0 Å². The lowest BCUT2D eigenvalue weighted by atomic mass is 9.46. The molecule has 14 atom stereocenters. The SMILES string of the molecule is COC(=O)[C@H]1O[C@@H](OCC(=O)[C@@]23OC(c4ccc(Cc5ccc(N)cc5)cc4F)O[C@@H]2C[C@H]2[C@@H]4CCC5=CC(=O)C=C[C@]5(C)[C@H]4[C@@H](O)C[C@@]23C)[C@H](C)[C@@H](C)[C@@H]1OC(C)=O. The molecule has 59 heavy (non-hydrogen) atoms. The molecule has 2 aromatic carbocycles. The molecule has 3 N–H and O–H groups in total. The fourth-order valence-corrected chi connectivity index (χ4v) is 11.7. The van der Waals surface area contributed by atoms with Crippen LogP contribution in [-0.2, 0) is 54.0 Å². The molecule has 0 bridgehead atoms. The van der Waals surface area contributed by atoms with E-state index in [1.165, 1.54) is 20.1 Å². The van der Waals surface area contributed by atoms with Gasteiger partial charge < -0.3 is 39.3 Å². The average Bonchev–Trinajstić information content (AvgIpc) is 3.69. The molecule has 8 rings (SSSR count). The minimum absolute atomic E-state index is 0.0449. The van der Waals surface area contributed by atoms with Gasteiger partial charge in [-0.2, -0.15) is 0 Å². The van der Waals surface area contributed by atoms with Gasteiger partial charge in [0, 0.05) is 46.8 Å². The Hall–Kier alpha value is -4.27. The van der Waals surface area contributed by atoms with Gasteiger partial charge in [0.05, 0.1) is 19.3 Å². The van der Waals surface area contributed by atoms with Crippen molar-refractivity contribution in [2.75, 3.05) is 19.5 Å². The van der Waals surface area contributed by atoms with Crippen LogP contribution in [0.3, 0.4) is 0 Å². The van der Waals surface area contributed by atoms with Gasteiger partial charge in [-0.05, 0) is 85.4 Å². The fraction of sp³-hybridized carbons (Fsp3) is 0.565. The third-order valence-corrected chi connectivity index (χ3v) is 14.8. The molecule has 0 amide bonds. The van der Waals surface area contributed by atoms with Gasteiger partial charge in [0.15, 0.2) is 35.9 Å². The van der Waals surface area contributed by atoms with E-state index in [4.69, 9.17) is 34.2 Å². The quantitative estimate of drug-likeness (QED) is 0.233. The number of ether oxygens (including phenoxy) is 6. The topological polar surface area (TPSA) is 170 Å². The van der Waals surface area contributed by atoms with Crippen molar-refractivity contribution >= 4 is 29.2 Å². The molecule has 6 aliphatic rings. The molecular weight excluding hydrogens is 761 g/mol. The number of aliphatic hydroxyl groups is 1. The summed E-state index contributed by atoms with van der Waals surface area (Å²) in [4.78, 5) is 52.4. The van der Waals surface area contributed by atoms with E-state index >= 15 is 9.18 Å². The Kier molecular flexibility index (Phi) is 10.8. The number of aliphatic hydroxyl groups excluding tert-OH is 1. The van der Waals surface area contributed by atoms with Crippen molar-refractivity contribution in [3.05, 3.63) is 88.8 Å². The Morgan fingerprint density at radius 1 is 1.03 bits per heavy atom. The van der Waals surface area contributed by atoms with Crippen molar-refractivity contribution < 1.29 is 57.1 Å². The first-order valence-electron chi connectivity index (χ1n) is 20.6. The Bertz CT molecular complexity index is 2090. The fourth-order valence-electron chi connectivity index (χ4n) is 11.7. The summed E-state index contributed by atoms with van der Waals surface area (Å²) in [5.74, 6) is -3.63. The number of hydrogen-bond donors (Lipinski definition) is 2. The molecule has 5 fully saturated rings. The van der Waals surface area contributed by atoms with Crippen molar-refractivity contribution in [1.29, 1.82) is 0 Å². The number of nitrogens with two attached hydrogens (primary N) is 1. The minimum Gasteiger partial charge on any atom is -0.467 e. The molecular formula is C46H54FNO11. The lowest BCUT2D eigenvalue weighted by Crippen LogP contribution is -2.63. The highest BCUT2D eigenvalue weighted by molar-refractivity contribution is 6.01. The predicted molar refractivity (Wildman–Crippen MR) is 210 cm³/mol. The zero-order valence-corrected chi connectivity index (χ0v) is 34.4. The summed E-state index contributed by atoms with van der Waals surface area (Å²) < 4.78 is 52.5. The third-order valence-electron chi connectivity index (χ3n) is 14.8. The van der Waals surface area contributed by atoms with Crippen LogP contribution in [-0.4, -0.2) is 78.6 Å². The van der Waals surface area contributed by atoms with Crippen LogP contribution >= 0.6 is 0 Å². The molecule has 0 radical (unpaired) electrons. The molecule has 3 saturated carbocycles. The van der Waals surface area contributed by atoms with Crippen molar-refractivity contribution in [2.45, 2.75) is 109 Å². The van der Waals surface area contributed by atoms with E-state index in [2.05, 4.69) is 6.92 Å². The minimum atomic E-state index is -1.66. The molecule has 13 heteroatoms. The molecule has 2 heterocycles. The van der Waals surface area contributed by atoms with E-state index in [-0.39, 0.29) is 35.5 Å². The molecule has 12 nitrogen and oxygen atoms in total. The number of benzene rings is 2. The van der Waals surface area contributed by atoms with Crippen LogP contribution in [0.1, 0.15) is 83.3 Å². The Balaban J connectivity index is 1.11. The van der Waals surface area contributed by atoms with Crippen LogP contribution in [0.25, 0.3) is 0 Å². The number of fused-ring (bicyclic) bond motifs is 7. The normalized spacial score (nSPS) is 39.6. The molecule has 4 aliphatic carbocycles. The molecule has 2 saturated heterocycles. The number of halogens is 1. The summed E-state index contributed by atoms with van der Waals surface area (Å²) in [5, 5.41) is 12.2. The highest BCUT2D eigenvalue weighted by atomic mass is 19.1. The van der Waals surface area contributed by atoms with Gasteiger partial charge in [-0.1, -0.05) is 63.6 Å². The van der Waals surface area contributed by atoms with E-state index in [1.54, 1.807) is 30.4 Å². The van der Waals surface area contributed by atoms with E-state index < -0.39 is 95.4 Å². The zero-order valence-electron chi connectivity index (χ0n) is 34.4. The number of carbonyl (C=O) groups is 4. The number of nitrogen functional groups attached to an aromatic ring is 1. The van der Waals surface area contributed by atoms with Crippen LogP contribution in [0.4, 0.5) is 10.1 Å². The van der Waals surface area contributed by atoms with E-state index in [9.17, 15) is 19.5 Å². The summed E-state index contributed by atoms with van der Waals surface area (Å²) >= 11 is 0. The molecule has 0 spiro atoms. The molecule has 0 aromatic heterocycles. The first-order valence-corrected chi connectivity index (χ1v) is 20.6. The average molecular weight is 816 g/mol. The van der Waals surface area contributed by atoms with Gasteiger partial charge >= 0.3 is 11.9 Å². The number of ketones is 2. The smallest absolute Gasteiger partial charge is 0.339 e. The molecule has 2 aliphatic heterocycles. The molecule has 1 unspecified atom stereocenters. The maximum atomic E-state index is 16.2.